The minimum Gasteiger partial charge on any atom is -0.379 e. The molecular formula is C13H27N. The Balaban J connectivity index is 3.09. The molecule has 84 valence electrons. The van der Waals surface area contributed by atoms with E-state index in [1.807, 2.05) is 0 Å². The van der Waals surface area contributed by atoms with Crippen LogP contribution in [0.3, 0.4) is 0 Å². The second-order valence-electron chi connectivity index (χ2n) is 4.28. The van der Waals surface area contributed by atoms with Gasteiger partial charge in [0.15, 0.2) is 0 Å². The molecular weight excluding hydrogens is 170 g/mol. The molecule has 0 aromatic heterocycles. The number of unbranched alkanes of at least 4 members (excludes halogenated alkanes) is 6. The molecule has 0 aromatic carbocycles. The van der Waals surface area contributed by atoms with Gasteiger partial charge in [-0.25, -0.2) is 0 Å². The van der Waals surface area contributed by atoms with Crippen LogP contribution in [0, 0.1) is 0 Å². The van der Waals surface area contributed by atoms with Gasteiger partial charge in [0.1, 0.15) is 0 Å². The van der Waals surface area contributed by atoms with Crippen LogP contribution in [-0.2, 0) is 0 Å². The summed E-state index contributed by atoms with van der Waals surface area (Å²) in [6, 6.07) is 0. The van der Waals surface area contributed by atoms with E-state index < -0.39 is 0 Å². The van der Waals surface area contributed by atoms with Gasteiger partial charge in [0.25, 0.3) is 0 Å². The lowest BCUT2D eigenvalue weighted by molar-refractivity contribution is 0.399. The van der Waals surface area contributed by atoms with Crippen LogP contribution < -0.4 is 0 Å². The zero-order chi connectivity index (χ0) is 10.8. The van der Waals surface area contributed by atoms with E-state index in [2.05, 4.69) is 32.4 Å². The van der Waals surface area contributed by atoms with E-state index in [1.165, 1.54) is 57.2 Å². The van der Waals surface area contributed by atoms with Crippen molar-refractivity contribution in [3.8, 4) is 0 Å². The van der Waals surface area contributed by atoms with Crippen molar-refractivity contribution in [3.63, 3.8) is 0 Å². The summed E-state index contributed by atoms with van der Waals surface area (Å²) in [7, 11) is 2.12. The molecule has 0 unspecified atom stereocenters. The highest BCUT2D eigenvalue weighted by Crippen LogP contribution is 2.08. The van der Waals surface area contributed by atoms with Crippen LogP contribution >= 0.6 is 0 Å². The molecule has 0 heterocycles. The Bertz CT molecular complexity index is 140. The molecule has 0 aromatic rings. The van der Waals surface area contributed by atoms with Gasteiger partial charge >= 0.3 is 0 Å². The maximum absolute atomic E-state index is 3.92. The maximum atomic E-state index is 3.92. The normalized spacial score (nSPS) is 10.2. The van der Waals surface area contributed by atoms with Crippen LogP contribution in [0.5, 0.6) is 0 Å². The molecule has 0 bridgehead atoms. The summed E-state index contributed by atoms with van der Waals surface area (Å²) < 4.78 is 0. The molecule has 0 saturated heterocycles. The average molecular weight is 197 g/mol. The third-order valence-electron chi connectivity index (χ3n) is 2.75. The maximum Gasteiger partial charge on any atom is 0.0171 e. The summed E-state index contributed by atoms with van der Waals surface area (Å²) in [4.78, 5) is 2.24. The van der Waals surface area contributed by atoms with Gasteiger partial charge in [-0.1, -0.05) is 52.0 Å². The van der Waals surface area contributed by atoms with Crippen molar-refractivity contribution in [2.45, 2.75) is 58.8 Å². The lowest BCUT2D eigenvalue weighted by Crippen LogP contribution is -2.16. The zero-order valence-corrected chi connectivity index (χ0v) is 10.3. The van der Waals surface area contributed by atoms with Gasteiger partial charge in [-0.15, -0.1) is 0 Å². The summed E-state index contributed by atoms with van der Waals surface area (Å²) in [6.07, 6.45) is 9.70. The molecule has 0 spiro atoms. The molecule has 0 atom stereocenters. The first-order valence-electron chi connectivity index (χ1n) is 6.05. The Kier molecular flexibility index (Phi) is 8.81. The first kappa shape index (κ1) is 13.5. The number of nitrogens with zero attached hydrogens (tertiary/aromatic N) is 1. The van der Waals surface area contributed by atoms with Gasteiger partial charge in [-0.05, 0) is 13.3 Å². The van der Waals surface area contributed by atoms with Crippen molar-refractivity contribution in [1.82, 2.24) is 4.90 Å². The van der Waals surface area contributed by atoms with Crippen LogP contribution in [0.1, 0.15) is 58.8 Å². The molecule has 0 rings (SSSR count). The van der Waals surface area contributed by atoms with Gasteiger partial charge in [0, 0.05) is 19.3 Å². The fourth-order valence-electron chi connectivity index (χ4n) is 1.50. The Morgan fingerprint density at radius 2 is 1.50 bits per heavy atom. The Hall–Kier alpha value is -0.460. The second-order valence-corrected chi connectivity index (χ2v) is 4.28. The van der Waals surface area contributed by atoms with E-state index in [0.717, 1.165) is 0 Å². The van der Waals surface area contributed by atoms with Gasteiger partial charge in [-0.3, -0.25) is 0 Å². The second kappa shape index (κ2) is 9.11. The van der Waals surface area contributed by atoms with Crippen molar-refractivity contribution in [3.05, 3.63) is 12.3 Å². The topological polar surface area (TPSA) is 3.24 Å². The Morgan fingerprint density at radius 1 is 1.00 bits per heavy atom. The minimum atomic E-state index is 1.17. The molecule has 0 radical (unpaired) electrons. The molecule has 0 N–H and O–H groups in total. The van der Waals surface area contributed by atoms with Crippen LogP contribution in [-0.4, -0.2) is 18.5 Å². The van der Waals surface area contributed by atoms with Crippen molar-refractivity contribution in [2.24, 2.45) is 0 Å². The summed E-state index contributed by atoms with van der Waals surface area (Å²) in [5.74, 6) is 0. The number of hydrogen-bond acceptors (Lipinski definition) is 1. The van der Waals surface area contributed by atoms with E-state index in [0.29, 0.717) is 0 Å². The molecule has 14 heavy (non-hydrogen) atoms. The predicted octanol–water partition coefficient (Wildman–Crippen LogP) is 4.20. The van der Waals surface area contributed by atoms with E-state index in [9.17, 15) is 0 Å². The number of hydrogen-bond donors (Lipinski definition) is 0. The van der Waals surface area contributed by atoms with Crippen molar-refractivity contribution < 1.29 is 0 Å². The van der Waals surface area contributed by atoms with Crippen molar-refractivity contribution >= 4 is 0 Å². The summed E-state index contributed by atoms with van der Waals surface area (Å²) in [5, 5.41) is 0. The molecule has 0 aliphatic rings. The fourth-order valence-corrected chi connectivity index (χ4v) is 1.50. The molecule has 0 aliphatic heterocycles. The van der Waals surface area contributed by atoms with Crippen molar-refractivity contribution in [2.75, 3.05) is 13.6 Å². The predicted molar refractivity (Wildman–Crippen MR) is 65.4 cm³/mol. The monoisotopic (exact) mass is 197 g/mol. The van der Waals surface area contributed by atoms with Gasteiger partial charge in [0.2, 0.25) is 0 Å². The average Bonchev–Trinajstić information content (AvgIpc) is 2.16. The van der Waals surface area contributed by atoms with E-state index in [-0.39, 0.29) is 0 Å². The standard InChI is InChI=1S/C13H27N/c1-5-6-7-8-9-10-11-12-14(4)13(2)3/h2,5-12H2,1,3-4H3. The van der Waals surface area contributed by atoms with Crippen molar-refractivity contribution in [1.29, 1.82) is 0 Å². The lowest BCUT2D eigenvalue weighted by atomic mass is 10.1. The Morgan fingerprint density at radius 3 is 2.00 bits per heavy atom. The van der Waals surface area contributed by atoms with Crippen LogP contribution in [0.25, 0.3) is 0 Å². The highest BCUT2D eigenvalue weighted by molar-refractivity contribution is 4.85. The van der Waals surface area contributed by atoms with E-state index in [1.54, 1.807) is 0 Å². The SMILES string of the molecule is C=C(C)N(C)CCCCCCCCC. The summed E-state index contributed by atoms with van der Waals surface area (Å²) in [5.41, 5.74) is 1.18. The third kappa shape index (κ3) is 8.15. The quantitative estimate of drug-likeness (QED) is 0.501. The molecule has 1 nitrogen and oxygen atoms in total. The van der Waals surface area contributed by atoms with E-state index in [4.69, 9.17) is 0 Å². The first-order valence-corrected chi connectivity index (χ1v) is 6.05. The highest BCUT2D eigenvalue weighted by Gasteiger charge is 1.96. The van der Waals surface area contributed by atoms with Crippen LogP contribution in [0.15, 0.2) is 12.3 Å². The minimum absolute atomic E-state index is 1.17. The Labute approximate surface area is 90.2 Å². The summed E-state index contributed by atoms with van der Waals surface area (Å²) >= 11 is 0. The largest absolute Gasteiger partial charge is 0.379 e. The van der Waals surface area contributed by atoms with Gasteiger partial charge in [-0.2, -0.15) is 0 Å². The third-order valence-corrected chi connectivity index (χ3v) is 2.75. The van der Waals surface area contributed by atoms with Gasteiger partial charge < -0.3 is 4.90 Å². The number of rotatable bonds is 9. The molecule has 0 amide bonds. The molecule has 0 saturated carbocycles. The van der Waals surface area contributed by atoms with Crippen LogP contribution in [0.4, 0.5) is 0 Å². The first-order chi connectivity index (χ1) is 6.68. The van der Waals surface area contributed by atoms with Crippen LogP contribution in [0.2, 0.25) is 0 Å². The summed E-state index contributed by atoms with van der Waals surface area (Å²) in [6.45, 7) is 9.43. The zero-order valence-electron chi connectivity index (χ0n) is 10.3. The molecule has 0 aliphatic carbocycles. The smallest absolute Gasteiger partial charge is 0.0171 e. The highest BCUT2D eigenvalue weighted by atomic mass is 15.1. The van der Waals surface area contributed by atoms with E-state index >= 15 is 0 Å². The lowest BCUT2D eigenvalue weighted by Gasteiger charge is -2.18. The molecule has 1 heteroatoms. The number of allylic oxidation sites excluding steroid dienone is 1. The van der Waals surface area contributed by atoms with Gasteiger partial charge in [0.05, 0.1) is 0 Å². The molecule has 0 fully saturated rings. The fraction of sp³-hybridized carbons (Fsp3) is 0.846.